The van der Waals surface area contributed by atoms with Crippen LogP contribution in [0.4, 0.5) is 17.1 Å². The van der Waals surface area contributed by atoms with Crippen molar-refractivity contribution in [3.63, 3.8) is 0 Å². The number of rotatable bonds is 6. The summed E-state index contributed by atoms with van der Waals surface area (Å²) in [7, 11) is -3.71. The summed E-state index contributed by atoms with van der Waals surface area (Å²) in [5, 5.41) is 11.3. The van der Waals surface area contributed by atoms with E-state index in [0.29, 0.717) is 43.1 Å². The fourth-order valence-corrected chi connectivity index (χ4v) is 4.79. The SMILES string of the molecule is O=C(c1ccc(NS(=O)(=O)c2ccccc2)cc1)N1CCN(c2ccccc2[N+](=O)[O-])CC1. The predicted molar refractivity (Wildman–Crippen MR) is 125 cm³/mol. The number of carbonyl (C=O) groups is 1. The van der Waals surface area contributed by atoms with Crippen LogP contribution >= 0.6 is 0 Å². The first kappa shape index (κ1) is 22.3. The summed E-state index contributed by atoms with van der Waals surface area (Å²) in [6, 6.07) is 20.9. The molecule has 1 aliphatic rings. The first-order valence-electron chi connectivity index (χ1n) is 10.3. The van der Waals surface area contributed by atoms with Crippen molar-refractivity contribution < 1.29 is 18.1 Å². The van der Waals surface area contributed by atoms with E-state index in [1.807, 2.05) is 4.90 Å². The van der Waals surface area contributed by atoms with E-state index < -0.39 is 14.9 Å². The van der Waals surface area contributed by atoms with Crippen molar-refractivity contribution in [2.45, 2.75) is 4.90 Å². The summed E-state index contributed by atoms with van der Waals surface area (Å²) in [5.74, 6) is -0.172. The molecule has 0 aromatic heterocycles. The maximum atomic E-state index is 12.9. The number of nitro benzene ring substituents is 1. The third-order valence-electron chi connectivity index (χ3n) is 5.42. The number of para-hydroxylation sites is 2. The monoisotopic (exact) mass is 466 g/mol. The molecule has 10 heteroatoms. The highest BCUT2D eigenvalue weighted by Gasteiger charge is 2.26. The Hall–Kier alpha value is -3.92. The van der Waals surface area contributed by atoms with Gasteiger partial charge < -0.3 is 9.80 Å². The molecule has 0 radical (unpaired) electrons. The summed E-state index contributed by atoms with van der Waals surface area (Å²) in [6.07, 6.45) is 0. The van der Waals surface area contributed by atoms with Gasteiger partial charge >= 0.3 is 0 Å². The molecule has 0 aliphatic carbocycles. The lowest BCUT2D eigenvalue weighted by Gasteiger charge is -2.35. The minimum atomic E-state index is -3.71. The minimum Gasteiger partial charge on any atom is -0.362 e. The molecule has 4 rings (SSSR count). The molecule has 1 fully saturated rings. The molecule has 0 unspecified atom stereocenters. The van der Waals surface area contributed by atoms with Crippen LogP contribution in [-0.2, 0) is 10.0 Å². The zero-order chi connectivity index (χ0) is 23.4. The van der Waals surface area contributed by atoms with Gasteiger partial charge in [0.2, 0.25) is 0 Å². The van der Waals surface area contributed by atoms with Crippen molar-refractivity contribution in [3.8, 4) is 0 Å². The number of nitrogens with zero attached hydrogens (tertiary/aromatic N) is 3. The second kappa shape index (κ2) is 9.29. The molecule has 0 spiro atoms. The van der Waals surface area contributed by atoms with Gasteiger partial charge in [0, 0.05) is 43.5 Å². The lowest BCUT2D eigenvalue weighted by molar-refractivity contribution is -0.384. The maximum Gasteiger partial charge on any atom is 0.292 e. The highest BCUT2D eigenvalue weighted by Crippen LogP contribution is 2.28. The second-order valence-corrected chi connectivity index (χ2v) is 9.20. The third-order valence-corrected chi connectivity index (χ3v) is 6.82. The molecule has 0 bridgehead atoms. The van der Waals surface area contributed by atoms with E-state index >= 15 is 0 Å². The Kier molecular flexibility index (Phi) is 6.27. The van der Waals surface area contributed by atoms with Gasteiger partial charge in [-0.3, -0.25) is 19.6 Å². The van der Waals surface area contributed by atoms with Crippen molar-refractivity contribution in [1.82, 2.24) is 4.90 Å². The molecular formula is C23H22N4O5S. The van der Waals surface area contributed by atoms with Gasteiger partial charge in [0.25, 0.3) is 21.6 Å². The normalized spacial score (nSPS) is 14.1. The van der Waals surface area contributed by atoms with Gasteiger partial charge in [0.15, 0.2) is 0 Å². The largest absolute Gasteiger partial charge is 0.362 e. The molecule has 1 aliphatic heterocycles. The zero-order valence-corrected chi connectivity index (χ0v) is 18.4. The molecule has 1 heterocycles. The van der Waals surface area contributed by atoms with E-state index in [0.717, 1.165) is 0 Å². The standard InChI is InChI=1S/C23H22N4O5S/c28-23(26-16-14-25(15-17-26)21-8-4-5-9-22(21)27(29)30)18-10-12-19(13-11-18)24-33(31,32)20-6-2-1-3-7-20/h1-13,24H,14-17H2. The van der Waals surface area contributed by atoms with Crippen molar-refractivity contribution in [3.05, 3.63) is 94.5 Å². The van der Waals surface area contributed by atoms with Crippen LogP contribution < -0.4 is 9.62 Å². The van der Waals surface area contributed by atoms with Gasteiger partial charge in [0.1, 0.15) is 5.69 Å². The molecule has 3 aromatic carbocycles. The number of anilines is 2. The number of amides is 1. The van der Waals surface area contributed by atoms with Crippen LogP contribution in [0.25, 0.3) is 0 Å². The van der Waals surface area contributed by atoms with Crippen LogP contribution in [0.1, 0.15) is 10.4 Å². The highest BCUT2D eigenvalue weighted by molar-refractivity contribution is 7.92. The lowest BCUT2D eigenvalue weighted by atomic mass is 10.1. The Bertz CT molecular complexity index is 1260. The van der Waals surface area contributed by atoms with E-state index in [1.165, 1.54) is 18.2 Å². The number of nitro groups is 1. The van der Waals surface area contributed by atoms with E-state index in [2.05, 4.69) is 4.72 Å². The minimum absolute atomic E-state index is 0.0471. The molecule has 1 amide bonds. The summed E-state index contributed by atoms with van der Waals surface area (Å²) in [5.41, 5.74) is 1.39. The van der Waals surface area contributed by atoms with Crippen molar-refractivity contribution >= 4 is 33.0 Å². The van der Waals surface area contributed by atoms with E-state index in [1.54, 1.807) is 65.6 Å². The van der Waals surface area contributed by atoms with Gasteiger partial charge in [-0.25, -0.2) is 8.42 Å². The molecule has 0 saturated carbocycles. The topological polar surface area (TPSA) is 113 Å². The average Bonchev–Trinajstić information content (AvgIpc) is 2.84. The van der Waals surface area contributed by atoms with Gasteiger partial charge in [-0.2, -0.15) is 0 Å². The third kappa shape index (κ3) is 4.96. The molecular weight excluding hydrogens is 444 g/mol. The number of hydrogen-bond acceptors (Lipinski definition) is 6. The lowest BCUT2D eigenvalue weighted by Crippen LogP contribution is -2.48. The molecule has 0 atom stereocenters. The molecule has 170 valence electrons. The predicted octanol–water partition coefficient (Wildman–Crippen LogP) is 3.36. The quantitative estimate of drug-likeness (QED) is 0.440. The van der Waals surface area contributed by atoms with Crippen molar-refractivity contribution in [2.75, 3.05) is 35.8 Å². The Morgan fingerprint density at radius 2 is 1.45 bits per heavy atom. The van der Waals surface area contributed by atoms with E-state index in [9.17, 15) is 23.3 Å². The Morgan fingerprint density at radius 1 is 0.848 bits per heavy atom. The van der Waals surface area contributed by atoms with Gasteiger partial charge in [-0.15, -0.1) is 0 Å². The summed E-state index contributed by atoms with van der Waals surface area (Å²) in [6.45, 7) is 1.80. The number of sulfonamides is 1. The number of carbonyl (C=O) groups excluding carboxylic acids is 1. The fraction of sp³-hybridized carbons (Fsp3) is 0.174. The molecule has 33 heavy (non-hydrogen) atoms. The fourth-order valence-electron chi connectivity index (χ4n) is 3.71. The van der Waals surface area contributed by atoms with E-state index in [-0.39, 0.29) is 16.5 Å². The number of hydrogen-bond donors (Lipinski definition) is 1. The van der Waals surface area contributed by atoms with Crippen LogP contribution in [0, 0.1) is 10.1 Å². The zero-order valence-electron chi connectivity index (χ0n) is 17.6. The van der Waals surface area contributed by atoms with Gasteiger partial charge in [-0.1, -0.05) is 30.3 Å². The average molecular weight is 467 g/mol. The number of nitrogens with one attached hydrogen (secondary N) is 1. The first-order chi connectivity index (χ1) is 15.8. The van der Waals surface area contributed by atoms with Crippen LogP contribution in [0.15, 0.2) is 83.8 Å². The molecule has 9 nitrogen and oxygen atoms in total. The first-order valence-corrected chi connectivity index (χ1v) is 11.8. The molecule has 3 aromatic rings. The summed E-state index contributed by atoms with van der Waals surface area (Å²) < 4.78 is 27.4. The van der Waals surface area contributed by atoms with Crippen LogP contribution in [0.2, 0.25) is 0 Å². The Labute approximate surface area is 191 Å². The highest BCUT2D eigenvalue weighted by atomic mass is 32.2. The van der Waals surface area contributed by atoms with Crippen molar-refractivity contribution in [2.24, 2.45) is 0 Å². The smallest absolute Gasteiger partial charge is 0.292 e. The van der Waals surface area contributed by atoms with Crippen LogP contribution in [0.5, 0.6) is 0 Å². The summed E-state index contributed by atoms with van der Waals surface area (Å²) in [4.78, 5) is 27.5. The molecule has 1 N–H and O–H groups in total. The van der Waals surface area contributed by atoms with Crippen LogP contribution in [0.3, 0.4) is 0 Å². The summed E-state index contributed by atoms with van der Waals surface area (Å²) >= 11 is 0. The maximum absolute atomic E-state index is 12.9. The second-order valence-electron chi connectivity index (χ2n) is 7.52. The van der Waals surface area contributed by atoms with Gasteiger partial charge in [-0.05, 0) is 42.5 Å². The van der Waals surface area contributed by atoms with Gasteiger partial charge in [0.05, 0.1) is 9.82 Å². The number of benzene rings is 3. The number of piperazine rings is 1. The van der Waals surface area contributed by atoms with Crippen molar-refractivity contribution in [1.29, 1.82) is 0 Å². The Morgan fingerprint density at radius 3 is 2.09 bits per heavy atom. The molecule has 1 saturated heterocycles. The van der Waals surface area contributed by atoms with Crippen LogP contribution in [-0.4, -0.2) is 50.3 Å². The Balaban J connectivity index is 1.39. The van der Waals surface area contributed by atoms with E-state index in [4.69, 9.17) is 0 Å².